The summed E-state index contributed by atoms with van der Waals surface area (Å²) in [6, 6.07) is 7.47. The van der Waals surface area contributed by atoms with Gasteiger partial charge in [0, 0.05) is 34.5 Å². The van der Waals surface area contributed by atoms with E-state index in [0.29, 0.717) is 17.4 Å². The summed E-state index contributed by atoms with van der Waals surface area (Å²) in [5.41, 5.74) is 9.72. The molecule has 1 heterocycles. The number of carbonyl (C=O) groups excluding carboxylic acids is 1. The van der Waals surface area contributed by atoms with Crippen LogP contribution in [0, 0.1) is 24.1 Å². The Morgan fingerprint density at radius 2 is 2.03 bits per heavy atom. The quantitative estimate of drug-likeness (QED) is 0.663. The van der Waals surface area contributed by atoms with E-state index in [1.807, 2.05) is 39.1 Å². The summed E-state index contributed by atoms with van der Waals surface area (Å²) < 4.78 is 19.6. The Bertz CT molecular complexity index is 981. The molecule has 160 valence electrons. The lowest BCUT2D eigenvalue weighted by Crippen LogP contribution is -2.34. The molecule has 2 atom stereocenters. The van der Waals surface area contributed by atoms with E-state index in [0.717, 1.165) is 54.5 Å². The average Bonchev–Trinajstić information content (AvgIpc) is 3.43. The molecule has 0 spiro atoms. The van der Waals surface area contributed by atoms with Crippen molar-refractivity contribution in [3.8, 4) is 11.1 Å². The number of hydrogen-bond donors (Lipinski definition) is 1. The number of benzene rings is 1. The molecule has 0 saturated heterocycles. The molecule has 2 aromatic rings. The summed E-state index contributed by atoms with van der Waals surface area (Å²) in [6.45, 7) is 5.94. The number of carbonyl (C=O) groups is 1. The second-order valence-corrected chi connectivity index (χ2v) is 9.80. The fourth-order valence-electron chi connectivity index (χ4n) is 4.79. The number of halogens is 1. The molecule has 1 aromatic heterocycles. The van der Waals surface area contributed by atoms with Crippen LogP contribution in [0.4, 0.5) is 4.39 Å². The molecule has 0 radical (unpaired) electrons. The van der Waals surface area contributed by atoms with E-state index >= 15 is 0 Å². The predicted octanol–water partition coefficient (Wildman–Crippen LogP) is 5.23. The van der Waals surface area contributed by atoms with Crippen molar-refractivity contribution in [3.63, 3.8) is 0 Å². The SMILES string of the molecule is COC(=O)C(C)(C)CC1CCC1c1cc(C)c(-c2ccc(C3(N)CC3)c(F)c2)cn1. The molecule has 2 saturated carbocycles. The maximum absolute atomic E-state index is 14.6. The van der Waals surface area contributed by atoms with Crippen LogP contribution in [0.2, 0.25) is 0 Å². The van der Waals surface area contributed by atoms with Crippen molar-refractivity contribution in [2.24, 2.45) is 17.1 Å². The maximum Gasteiger partial charge on any atom is 0.311 e. The molecule has 5 heteroatoms. The second-order valence-electron chi connectivity index (χ2n) is 9.80. The van der Waals surface area contributed by atoms with E-state index in [1.165, 1.54) is 7.11 Å². The third kappa shape index (κ3) is 3.76. The van der Waals surface area contributed by atoms with Crippen LogP contribution in [-0.2, 0) is 15.1 Å². The summed E-state index contributed by atoms with van der Waals surface area (Å²) in [5, 5.41) is 0. The highest BCUT2D eigenvalue weighted by Gasteiger charge is 2.42. The summed E-state index contributed by atoms with van der Waals surface area (Å²) in [6.07, 6.45) is 6.51. The van der Waals surface area contributed by atoms with Crippen molar-refractivity contribution >= 4 is 5.97 Å². The number of esters is 1. The van der Waals surface area contributed by atoms with Crippen molar-refractivity contribution in [1.82, 2.24) is 4.98 Å². The summed E-state index contributed by atoms with van der Waals surface area (Å²) in [7, 11) is 1.44. The lowest BCUT2D eigenvalue weighted by molar-refractivity contribution is -0.152. The van der Waals surface area contributed by atoms with Crippen LogP contribution in [0.5, 0.6) is 0 Å². The average molecular weight is 411 g/mol. The van der Waals surface area contributed by atoms with Gasteiger partial charge >= 0.3 is 5.97 Å². The van der Waals surface area contributed by atoms with Gasteiger partial charge in [-0.05, 0) is 82.1 Å². The number of rotatable bonds is 6. The topological polar surface area (TPSA) is 65.2 Å². The molecule has 2 aliphatic carbocycles. The Morgan fingerprint density at radius 1 is 1.30 bits per heavy atom. The zero-order valence-electron chi connectivity index (χ0n) is 18.3. The van der Waals surface area contributed by atoms with Gasteiger partial charge in [-0.2, -0.15) is 0 Å². The van der Waals surface area contributed by atoms with Gasteiger partial charge in [-0.3, -0.25) is 9.78 Å². The number of methoxy groups -OCH3 is 1. The van der Waals surface area contributed by atoms with Crippen molar-refractivity contribution < 1.29 is 13.9 Å². The molecule has 2 fully saturated rings. The van der Waals surface area contributed by atoms with E-state index in [2.05, 4.69) is 6.07 Å². The zero-order chi connectivity index (χ0) is 21.7. The smallest absolute Gasteiger partial charge is 0.311 e. The molecule has 2 unspecified atom stereocenters. The van der Waals surface area contributed by atoms with Gasteiger partial charge in [0.25, 0.3) is 0 Å². The first-order chi connectivity index (χ1) is 14.1. The molecule has 4 nitrogen and oxygen atoms in total. The standard InChI is InChI=1S/C25H31FN2O2/c1-15-11-22(18-7-5-17(18)13-24(2,3)23(29)30-4)28-14-19(15)16-6-8-20(21(26)12-16)25(27)9-10-25/h6,8,11-12,14,17-18H,5,7,9-10,13,27H2,1-4H3. The van der Waals surface area contributed by atoms with Crippen LogP contribution in [0.3, 0.4) is 0 Å². The Hall–Kier alpha value is -2.27. The zero-order valence-corrected chi connectivity index (χ0v) is 18.3. The summed E-state index contributed by atoms with van der Waals surface area (Å²) >= 11 is 0. The van der Waals surface area contributed by atoms with E-state index in [-0.39, 0.29) is 11.8 Å². The van der Waals surface area contributed by atoms with E-state index in [4.69, 9.17) is 15.5 Å². The van der Waals surface area contributed by atoms with Crippen molar-refractivity contribution in [3.05, 3.63) is 53.1 Å². The first-order valence-corrected chi connectivity index (χ1v) is 10.8. The largest absolute Gasteiger partial charge is 0.469 e. The Balaban J connectivity index is 1.53. The number of pyridine rings is 1. The number of nitrogens with two attached hydrogens (primary N) is 1. The minimum absolute atomic E-state index is 0.163. The molecular weight excluding hydrogens is 379 g/mol. The molecule has 1 aromatic carbocycles. The first kappa shape index (κ1) is 21.0. The van der Waals surface area contributed by atoms with Gasteiger partial charge in [-0.15, -0.1) is 0 Å². The van der Waals surface area contributed by atoms with Gasteiger partial charge in [0.15, 0.2) is 0 Å². The van der Waals surface area contributed by atoms with Gasteiger partial charge in [-0.1, -0.05) is 12.1 Å². The minimum atomic E-state index is -0.492. The lowest BCUT2D eigenvalue weighted by atomic mass is 9.65. The van der Waals surface area contributed by atoms with Gasteiger partial charge in [0.1, 0.15) is 5.82 Å². The van der Waals surface area contributed by atoms with Gasteiger partial charge in [0.2, 0.25) is 0 Å². The number of nitrogens with zero attached hydrogens (tertiary/aromatic N) is 1. The first-order valence-electron chi connectivity index (χ1n) is 10.8. The van der Waals surface area contributed by atoms with Gasteiger partial charge in [-0.25, -0.2) is 4.39 Å². The second kappa shape index (κ2) is 7.45. The fourth-order valence-corrected chi connectivity index (χ4v) is 4.79. The maximum atomic E-state index is 14.6. The van der Waals surface area contributed by atoms with E-state index in [9.17, 15) is 9.18 Å². The van der Waals surface area contributed by atoms with Crippen molar-refractivity contribution in [1.29, 1.82) is 0 Å². The third-order valence-electron chi connectivity index (χ3n) is 7.04. The van der Waals surface area contributed by atoms with Crippen LogP contribution >= 0.6 is 0 Å². The van der Waals surface area contributed by atoms with Crippen LogP contribution in [0.25, 0.3) is 11.1 Å². The highest BCUT2D eigenvalue weighted by Crippen LogP contribution is 2.48. The predicted molar refractivity (Wildman–Crippen MR) is 115 cm³/mol. The minimum Gasteiger partial charge on any atom is -0.469 e. The van der Waals surface area contributed by atoms with Crippen LogP contribution in [-0.4, -0.2) is 18.1 Å². The molecule has 0 bridgehead atoms. The fraction of sp³-hybridized carbons (Fsp3) is 0.520. The van der Waals surface area contributed by atoms with Gasteiger partial charge < -0.3 is 10.5 Å². The third-order valence-corrected chi connectivity index (χ3v) is 7.04. The molecule has 0 aliphatic heterocycles. The Labute approximate surface area is 178 Å². The Kier molecular flexibility index (Phi) is 5.21. The highest BCUT2D eigenvalue weighted by atomic mass is 19.1. The number of aryl methyl sites for hydroxylation is 1. The van der Waals surface area contributed by atoms with E-state index in [1.54, 1.807) is 6.07 Å². The number of aromatic nitrogens is 1. The number of ether oxygens (including phenoxy) is 1. The summed E-state index contributed by atoms with van der Waals surface area (Å²) in [4.78, 5) is 16.8. The van der Waals surface area contributed by atoms with Crippen LogP contribution in [0.1, 0.15) is 68.7 Å². The monoisotopic (exact) mass is 410 g/mol. The molecule has 2 aliphatic rings. The van der Waals surface area contributed by atoms with E-state index < -0.39 is 11.0 Å². The molecule has 30 heavy (non-hydrogen) atoms. The van der Waals surface area contributed by atoms with Crippen molar-refractivity contribution in [2.75, 3.05) is 7.11 Å². The molecular formula is C25H31FN2O2. The van der Waals surface area contributed by atoms with Gasteiger partial charge in [0.05, 0.1) is 12.5 Å². The molecule has 4 rings (SSSR count). The lowest BCUT2D eigenvalue weighted by Gasteiger charge is -2.40. The van der Waals surface area contributed by atoms with Crippen LogP contribution < -0.4 is 5.73 Å². The Morgan fingerprint density at radius 3 is 2.57 bits per heavy atom. The van der Waals surface area contributed by atoms with Crippen LogP contribution in [0.15, 0.2) is 30.5 Å². The molecule has 0 amide bonds. The summed E-state index contributed by atoms with van der Waals surface area (Å²) in [5.74, 6) is 0.379. The molecule has 2 N–H and O–H groups in total. The number of hydrogen-bond acceptors (Lipinski definition) is 4. The van der Waals surface area contributed by atoms with Crippen molar-refractivity contribution in [2.45, 2.75) is 64.3 Å². The highest BCUT2D eigenvalue weighted by molar-refractivity contribution is 5.75. The normalized spacial score (nSPS) is 22.3.